The largest absolute Gasteiger partial charge is 0.493 e. The van der Waals surface area contributed by atoms with Gasteiger partial charge >= 0.3 is 6.03 Å². The number of benzene rings is 1. The van der Waals surface area contributed by atoms with E-state index in [0.29, 0.717) is 19.6 Å². The van der Waals surface area contributed by atoms with Crippen LogP contribution in [0.15, 0.2) is 23.2 Å². The molecule has 2 rings (SSSR count). The van der Waals surface area contributed by atoms with Gasteiger partial charge in [0.05, 0.1) is 21.8 Å². The van der Waals surface area contributed by atoms with E-state index in [1.54, 1.807) is 20.8 Å². The van der Waals surface area contributed by atoms with E-state index >= 15 is 0 Å². The summed E-state index contributed by atoms with van der Waals surface area (Å²) in [5.74, 6) is -0.972. The minimum absolute atomic E-state index is 0.0696. The molecule has 9 nitrogen and oxygen atoms in total. The zero-order valence-electron chi connectivity index (χ0n) is 16.6. The lowest BCUT2D eigenvalue weighted by Gasteiger charge is -2.21. The molecule has 2 amide bonds. The van der Waals surface area contributed by atoms with Gasteiger partial charge in [-0.3, -0.25) is 4.79 Å². The molecule has 2 N–H and O–H groups in total. The van der Waals surface area contributed by atoms with Crippen molar-refractivity contribution in [2.75, 3.05) is 24.7 Å². The first-order chi connectivity index (χ1) is 13.6. The van der Waals surface area contributed by atoms with Crippen molar-refractivity contribution in [2.24, 2.45) is 0 Å². The van der Waals surface area contributed by atoms with Crippen LogP contribution in [-0.2, 0) is 16.4 Å². The Balaban J connectivity index is 2.60. The number of nitrogens with zero attached hydrogens (tertiary/aromatic N) is 3. The highest BCUT2D eigenvalue weighted by molar-refractivity contribution is 7.90. The van der Waals surface area contributed by atoms with Gasteiger partial charge in [0.15, 0.2) is 9.84 Å². The number of sulfone groups is 1. The van der Waals surface area contributed by atoms with Crippen LogP contribution in [0.4, 0.5) is 10.5 Å². The number of urea groups is 1. The highest BCUT2D eigenvalue weighted by Gasteiger charge is 2.27. The van der Waals surface area contributed by atoms with E-state index in [0.717, 1.165) is 6.26 Å². The predicted octanol–water partition coefficient (Wildman–Crippen LogP) is 2.77. The fraction of sp³-hybridized carbons (Fsp3) is 0.389. The number of aryl methyl sites for hydroxylation is 1. The van der Waals surface area contributed by atoms with Gasteiger partial charge in [0.1, 0.15) is 5.56 Å². The van der Waals surface area contributed by atoms with E-state index in [2.05, 4.69) is 10.4 Å². The Morgan fingerprint density at radius 2 is 1.83 bits per heavy atom. The molecule has 0 saturated carbocycles. The molecule has 0 aliphatic carbocycles. The van der Waals surface area contributed by atoms with Gasteiger partial charge in [0, 0.05) is 31.5 Å². The lowest BCUT2D eigenvalue weighted by atomic mass is 10.0. The molecule has 0 fully saturated rings. The Labute approximate surface area is 174 Å². The van der Waals surface area contributed by atoms with Gasteiger partial charge < -0.3 is 15.3 Å². The van der Waals surface area contributed by atoms with E-state index < -0.39 is 21.7 Å². The Morgan fingerprint density at radius 3 is 2.31 bits per heavy atom. The topological polar surface area (TPSA) is 122 Å². The molecule has 0 spiro atoms. The van der Waals surface area contributed by atoms with Gasteiger partial charge in [-0.2, -0.15) is 5.10 Å². The number of aromatic nitrogens is 2. The Hall–Kier alpha value is -2.59. The molecule has 0 radical (unpaired) electrons. The van der Waals surface area contributed by atoms with Gasteiger partial charge in [-0.05, 0) is 32.9 Å². The molecule has 0 aliphatic rings. The van der Waals surface area contributed by atoms with Crippen molar-refractivity contribution in [3.8, 4) is 5.88 Å². The van der Waals surface area contributed by atoms with Crippen molar-refractivity contribution in [1.29, 1.82) is 0 Å². The molecule has 0 atom stereocenters. The highest BCUT2D eigenvalue weighted by Crippen LogP contribution is 2.35. The molecule has 1 heterocycles. The number of halogens is 1. The zero-order valence-corrected chi connectivity index (χ0v) is 18.1. The van der Waals surface area contributed by atoms with E-state index in [9.17, 15) is 23.1 Å². The summed E-state index contributed by atoms with van der Waals surface area (Å²) >= 11 is 6.37. The second-order valence-corrected chi connectivity index (χ2v) is 8.56. The van der Waals surface area contributed by atoms with E-state index in [-0.39, 0.29) is 32.6 Å². The molecule has 0 unspecified atom stereocenters. The molecule has 158 valence electrons. The van der Waals surface area contributed by atoms with E-state index in [1.807, 2.05) is 0 Å². The number of carbonyl (C=O) groups excluding carboxylic acids is 2. The van der Waals surface area contributed by atoms with Gasteiger partial charge in [-0.15, -0.1) is 0 Å². The second kappa shape index (κ2) is 8.83. The summed E-state index contributed by atoms with van der Waals surface area (Å²) in [6.45, 7) is 6.45. The number of anilines is 1. The monoisotopic (exact) mass is 442 g/mol. The Bertz CT molecular complexity index is 1040. The average molecular weight is 443 g/mol. The van der Waals surface area contributed by atoms with Crippen LogP contribution in [-0.4, -0.2) is 59.4 Å². The number of hydrogen-bond acceptors (Lipinski definition) is 6. The molecule has 1 aromatic carbocycles. The standard InChI is InChI=1S/C18H23ClN4O5S/c1-5-22(6-2)18(26)21-15-13(29(4,27)28)9-8-11(14(15)19)16(24)12-10-20-23(7-3)17(12)25/h8-10,25H,5-7H2,1-4H3,(H,21,26). The smallest absolute Gasteiger partial charge is 0.321 e. The predicted molar refractivity (Wildman–Crippen MR) is 109 cm³/mol. The normalized spacial score (nSPS) is 11.3. The van der Waals surface area contributed by atoms with Crippen LogP contribution < -0.4 is 5.32 Å². The van der Waals surface area contributed by atoms with Crippen LogP contribution in [0.1, 0.15) is 36.7 Å². The maximum absolute atomic E-state index is 12.9. The molecular weight excluding hydrogens is 420 g/mol. The van der Waals surface area contributed by atoms with Crippen LogP contribution in [0.25, 0.3) is 0 Å². The summed E-state index contributed by atoms with van der Waals surface area (Å²) in [5, 5.41) is 16.3. The zero-order chi connectivity index (χ0) is 21.9. The summed E-state index contributed by atoms with van der Waals surface area (Å²) in [6, 6.07) is 1.90. The van der Waals surface area contributed by atoms with Gasteiger partial charge in [0.2, 0.25) is 11.7 Å². The van der Waals surface area contributed by atoms with Crippen molar-refractivity contribution < 1.29 is 23.1 Å². The summed E-state index contributed by atoms with van der Waals surface area (Å²) in [7, 11) is -3.75. The van der Waals surface area contributed by atoms with Crippen LogP contribution in [0.5, 0.6) is 5.88 Å². The number of ketones is 1. The average Bonchev–Trinajstić information content (AvgIpc) is 3.03. The molecule has 29 heavy (non-hydrogen) atoms. The van der Waals surface area contributed by atoms with Gasteiger partial charge in [-0.1, -0.05) is 11.6 Å². The Morgan fingerprint density at radius 1 is 1.21 bits per heavy atom. The van der Waals surface area contributed by atoms with Crippen molar-refractivity contribution in [3.05, 3.63) is 34.5 Å². The van der Waals surface area contributed by atoms with E-state index in [4.69, 9.17) is 11.6 Å². The SMILES string of the molecule is CCN(CC)C(=O)Nc1c(S(C)(=O)=O)ccc(C(=O)c2cnn(CC)c2O)c1Cl. The lowest BCUT2D eigenvalue weighted by molar-refractivity contribution is 0.103. The first kappa shape index (κ1) is 22.7. The molecule has 0 bridgehead atoms. The van der Waals surface area contributed by atoms with Crippen LogP contribution in [0.3, 0.4) is 0 Å². The molecule has 11 heteroatoms. The molecule has 1 aromatic heterocycles. The number of rotatable bonds is 7. The lowest BCUT2D eigenvalue weighted by Crippen LogP contribution is -2.35. The maximum Gasteiger partial charge on any atom is 0.321 e. The first-order valence-corrected chi connectivity index (χ1v) is 11.2. The molecule has 2 aromatic rings. The van der Waals surface area contributed by atoms with Gasteiger partial charge in [0.25, 0.3) is 0 Å². The molecule has 0 saturated heterocycles. The van der Waals surface area contributed by atoms with Crippen LogP contribution in [0.2, 0.25) is 5.02 Å². The molecular formula is C18H23ClN4O5S. The number of carbonyl (C=O) groups is 2. The number of hydrogen-bond donors (Lipinski definition) is 2. The quantitative estimate of drug-likeness (QED) is 0.636. The third kappa shape index (κ3) is 4.54. The minimum Gasteiger partial charge on any atom is -0.493 e. The first-order valence-electron chi connectivity index (χ1n) is 8.94. The summed E-state index contributed by atoms with van der Waals surface area (Å²) in [6.07, 6.45) is 2.18. The number of nitrogens with one attached hydrogen (secondary N) is 1. The van der Waals surface area contributed by atoms with Crippen LogP contribution in [0, 0.1) is 0 Å². The Kier molecular flexibility index (Phi) is 6.91. The van der Waals surface area contributed by atoms with E-state index in [1.165, 1.54) is 27.9 Å². The second-order valence-electron chi connectivity index (χ2n) is 6.20. The van der Waals surface area contributed by atoms with Crippen molar-refractivity contribution in [3.63, 3.8) is 0 Å². The fourth-order valence-electron chi connectivity index (χ4n) is 2.77. The third-order valence-electron chi connectivity index (χ3n) is 4.39. The fourth-order valence-corrected chi connectivity index (χ4v) is 3.96. The summed E-state index contributed by atoms with van der Waals surface area (Å²) in [5.41, 5.74) is -0.332. The number of aromatic hydroxyl groups is 1. The maximum atomic E-state index is 12.9. The van der Waals surface area contributed by atoms with Crippen molar-refractivity contribution >= 4 is 38.9 Å². The summed E-state index contributed by atoms with van der Waals surface area (Å²) < 4.78 is 25.6. The highest BCUT2D eigenvalue weighted by atomic mass is 35.5. The molecule has 0 aliphatic heterocycles. The van der Waals surface area contributed by atoms with Crippen molar-refractivity contribution in [1.82, 2.24) is 14.7 Å². The van der Waals surface area contributed by atoms with Crippen LogP contribution >= 0.6 is 11.6 Å². The van der Waals surface area contributed by atoms with Gasteiger partial charge in [-0.25, -0.2) is 17.9 Å². The summed E-state index contributed by atoms with van der Waals surface area (Å²) in [4.78, 5) is 26.6. The van der Waals surface area contributed by atoms with Crippen molar-refractivity contribution in [2.45, 2.75) is 32.2 Å². The number of amides is 2. The third-order valence-corrected chi connectivity index (χ3v) is 5.92. The minimum atomic E-state index is -3.75.